The van der Waals surface area contributed by atoms with Crippen LogP contribution in [0.4, 0.5) is 0 Å². The molecule has 1 amide bonds. The molecular formula is C29H45ClN6O. The SMILES string of the molecule is Cl.NCCCNCCCCNCCCNCCCCCNC(=O)c1c2ccccc2nc2ccccc12. The van der Waals surface area contributed by atoms with Gasteiger partial charge in [-0.2, -0.15) is 0 Å². The number of benzene rings is 2. The van der Waals surface area contributed by atoms with Crippen molar-refractivity contribution in [3.63, 3.8) is 0 Å². The molecule has 1 heterocycles. The lowest BCUT2D eigenvalue weighted by Crippen LogP contribution is -2.26. The number of fused-ring (bicyclic) bond motifs is 2. The Morgan fingerprint density at radius 1 is 0.622 bits per heavy atom. The van der Waals surface area contributed by atoms with Crippen molar-refractivity contribution in [2.24, 2.45) is 5.73 Å². The van der Waals surface area contributed by atoms with Crippen LogP contribution in [0.3, 0.4) is 0 Å². The average molecular weight is 529 g/mol. The number of nitrogens with one attached hydrogen (secondary N) is 4. The standard InChI is InChI=1S/C29H44N6O.ClH/c30-16-10-20-31-18-8-9-19-33-22-11-21-32-17-6-1-7-23-34-29(36)28-24-12-2-4-14-26(24)35-27-15-5-3-13-25(27)28;/h2-5,12-15,31-33H,1,6-11,16-23,30H2,(H,34,36);1H. The van der Waals surface area contributed by atoms with E-state index in [1.807, 2.05) is 48.5 Å². The number of pyridine rings is 1. The number of unbranched alkanes of at least 4 members (excludes halogenated alkanes) is 3. The minimum Gasteiger partial charge on any atom is -0.352 e. The lowest BCUT2D eigenvalue weighted by molar-refractivity contribution is 0.0956. The van der Waals surface area contributed by atoms with Gasteiger partial charge in [0.25, 0.3) is 5.91 Å². The minimum atomic E-state index is -0.0155. The van der Waals surface area contributed by atoms with Crippen molar-refractivity contribution in [3.05, 3.63) is 54.1 Å². The number of hydrogen-bond donors (Lipinski definition) is 5. The van der Waals surface area contributed by atoms with Crippen LogP contribution < -0.4 is 27.0 Å². The second-order valence-electron chi connectivity index (χ2n) is 9.29. The van der Waals surface area contributed by atoms with Crippen LogP contribution in [0.5, 0.6) is 0 Å². The van der Waals surface area contributed by atoms with Crippen LogP contribution in [0.2, 0.25) is 0 Å². The van der Waals surface area contributed by atoms with E-state index in [4.69, 9.17) is 10.7 Å². The fourth-order valence-corrected chi connectivity index (χ4v) is 4.37. The van der Waals surface area contributed by atoms with Gasteiger partial charge in [0.15, 0.2) is 0 Å². The maximum atomic E-state index is 13.1. The van der Waals surface area contributed by atoms with E-state index in [9.17, 15) is 4.79 Å². The molecule has 0 saturated heterocycles. The van der Waals surface area contributed by atoms with Crippen molar-refractivity contribution >= 4 is 40.1 Å². The summed E-state index contributed by atoms with van der Waals surface area (Å²) >= 11 is 0. The summed E-state index contributed by atoms with van der Waals surface area (Å²) in [5, 5.41) is 15.4. The highest BCUT2D eigenvalue weighted by Gasteiger charge is 2.15. The van der Waals surface area contributed by atoms with E-state index in [2.05, 4.69) is 21.3 Å². The molecule has 3 aromatic rings. The third-order valence-electron chi connectivity index (χ3n) is 6.35. The first-order valence-corrected chi connectivity index (χ1v) is 13.7. The van der Waals surface area contributed by atoms with Gasteiger partial charge in [0.2, 0.25) is 0 Å². The number of halogens is 1. The maximum Gasteiger partial charge on any atom is 0.252 e. The highest BCUT2D eigenvalue weighted by atomic mass is 35.5. The van der Waals surface area contributed by atoms with Crippen molar-refractivity contribution in [2.75, 3.05) is 52.4 Å². The van der Waals surface area contributed by atoms with Gasteiger partial charge in [0.1, 0.15) is 0 Å². The Balaban J connectivity index is 0.00000481. The van der Waals surface area contributed by atoms with Crippen LogP contribution in [0.25, 0.3) is 21.8 Å². The summed E-state index contributed by atoms with van der Waals surface area (Å²) in [5.41, 5.74) is 7.92. The van der Waals surface area contributed by atoms with Gasteiger partial charge in [-0.05, 0) is 96.5 Å². The smallest absolute Gasteiger partial charge is 0.252 e. The molecule has 0 aliphatic carbocycles. The predicted molar refractivity (Wildman–Crippen MR) is 159 cm³/mol. The third kappa shape index (κ3) is 10.9. The van der Waals surface area contributed by atoms with Gasteiger partial charge in [-0.15, -0.1) is 12.4 Å². The Labute approximate surface area is 228 Å². The normalized spacial score (nSPS) is 11.1. The first-order valence-electron chi connectivity index (χ1n) is 13.7. The summed E-state index contributed by atoms with van der Waals surface area (Å²) in [4.78, 5) is 17.8. The van der Waals surface area contributed by atoms with Gasteiger partial charge < -0.3 is 27.0 Å². The number of nitrogens with zero attached hydrogens (tertiary/aromatic N) is 1. The van der Waals surface area contributed by atoms with E-state index in [-0.39, 0.29) is 18.3 Å². The number of aromatic nitrogens is 1. The van der Waals surface area contributed by atoms with E-state index in [0.717, 1.165) is 105 Å². The lowest BCUT2D eigenvalue weighted by atomic mass is 10.0. The molecule has 2 aromatic carbocycles. The van der Waals surface area contributed by atoms with Crippen LogP contribution in [0.1, 0.15) is 55.3 Å². The molecule has 0 aliphatic rings. The minimum absolute atomic E-state index is 0. The van der Waals surface area contributed by atoms with Crippen molar-refractivity contribution in [1.82, 2.24) is 26.3 Å². The Morgan fingerprint density at radius 3 is 1.65 bits per heavy atom. The van der Waals surface area contributed by atoms with Crippen LogP contribution in [0.15, 0.2) is 48.5 Å². The van der Waals surface area contributed by atoms with E-state index in [0.29, 0.717) is 6.54 Å². The lowest BCUT2D eigenvalue weighted by Gasteiger charge is -2.11. The average Bonchev–Trinajstić information content (AvgIpc) is 2.90. The van der Waals surface area contributed by atoms with E-state index < -0.39 is 0 Å². The second kappa shape index (κ2) is 18.9. The van der Waals surface area contributed by atoms with Crippen molar-refractivity contribution in [2.45, 2.75) is 44.9 Å². The number of hydrogen-bond acceptors (Lipinski definition) is 6. The summed E-state index contributed by atoms with van der Waals surface area (Å²) in [6.45, 7) is 7.82. The molecule has 204 valence electrons. The molecule has 0 aliphatic heterocycles. The highest BCUT2D eigenvalue weighted by Crippen LogP contribution is 2.25. The molecule has 8 heteroatoms. The number of nitrogens with two attached hydrogens (primary N) is 1. The molecule has 3 rings (SSSR count). The molecule has 0 atom stereocenters. The van der Waals surface area contributed by atoms with Crippen molar-refractivity contribution < 1.29 is 4.79 Å². The van der Waals surface area contributed by atoms with Crippen LogP contribution in [-0.4, -0.2) is 63.2 Å². The topological polar surface area (TPSA) is 104 Å². The summed E-state index contributed by atoms with van der Waals surface area (Å²) in [6.07, 6.45) is 7.85. The fraction of sp³-hybridized carbons (Fsp3) is 0.517. The summed E-state index contributed by atoms with van der Waals surface area (Å²) in [6, 6.07) is 15.7. The number of carbonyl (C=O) groups excluding carboxylic acids is 1. The molecule has 0 bridgehead atoms. The number of amides is 1. The zero-order valence-corrected chi connectivity index (χ0v) is 22.9. The van der Waals surface area contributed by atoms with Gasteiger partial charge >= 0.3 is 0 Å². The largest absolute Gasteiger partial charge is 0.352 e. The molecule has 0 unspecified atom stereocenters. The van der Waals surface area contributed by atoms with Crippen LogP contribution >= 0.6 is 12.4 Å². The number of rotatable bonds is 19. The molecule has 0 radical (unpaired) electrons. The fourth-order valence-electron chi connectivity index (χ4n) is 4.37. The van der Waals surface area contributed by atoms with Gasteiger partial charge in [-0.3, -0.25) is 4.79 Å². The number of para-hydroxylation sites is 2. The maximum absolute atomic E-state index is 13.1. The summed E-state index contributed by atoms with van der Waals surface area (Å²) < 4.78 is 0. The van der Waals surface area contributed by atoms with Crippen LogP contribution in [-0.2, 0) is 0 Å². The first kappa shape index (κ1) is 30.9. The quantitative estimate of drug-likeness (QED) is 0.119. The molecule has 0 saturated carbocycles. The zero-order valence-electron chi connectivity index (χ0n) is 22.1. The summed E-state index contributed by atoms with van der Waals surface area (Å²) in [5.74, 6) is -0.0155. The van der Waals surface area contributed by atoms with E-state index in [1.165, 1.54) is 12.8 Å². The monoisotopic (exact) mass is 528 g/mol. The molecular weight excluding hydrogens is 484 g/mol. The Bertz CT molecular complexity index is 993. The van der Waals surface area contributed by atoms with Crippen molar-refractivity contribution in [3.8, 4) is 0 Å². The van der Waals surface area contributed by atoms with E-state index in [1.54, 1.807) is 0 Å². The van der Waals surface area contributed by atoms with E-state index >= 15 is 0 Å². The van der Waals surface area contributed by atoms with Gasteiger partial charge in [0, 0.05) is 17.3 Å². The van der Waals surface area contributed by atoms with Gasteiger partial charge in [0.05, 0.1) is 16.6 Å². The highest BCUT2D eigenvalue weighted by molar-refractivity contribution is 6.16. The Kier molecular flexibility index (Phi) is 15.8. The molecule has 6 N–H and O–H groups in total. The van der Waals surface area contributed by atoms with Gasteiger partial charge in [-0.25, -0.2) is 4.98 Å². The first-order chi connectivity index (χ1) is 17.8. The Morgan fingerprint density at radius 2 is 1.08 bits per heavy atom. The summed E-state index contributed by atoms with van der Waals surface area (Å²) in [7, 11) is 0. The van der Waals surface area contributed by atoms with Crippen molar-refractivity contribution in [1.29, 1.82) is 0 Å². The molecule has 0 fully saturated rings. The zero-order chi connectivity index (χ0) is 25.3. The third-order valence-corrected chi connectivity index (χ3v) is 6.35. The number of carbonyl (C=O) groups is 1. The van der Waals surface area contributed by atoms with Crippen LogP contribution in [0, 0.1) is 0 Å². The molecule has 0 spiro atoms. The molecule has 1 aromatic heterocycles. The van der Waals surface area contributed by atoms with Gasteiger partial charge in [-0.1, -0.05) is 42.8 Å². The second-order valence-corrected chi connectivity index (χ2v) is 9.29. The Hall–Kier alpha value is -2.29. The predicted octanol–water partition coefficient (Wildman–Crippen LogP) is 4.00. The molecule has 37 heavy (non-hydrogen) atoms. The molecule has 7 nitrogen and oxygen atoms in total.